The Morgan fingerprint density at radius 1 is 1.43 bits per heavy atom. The van der Waals surface area contributed by atoms with Gasteiger partial charge in [0.1, 0.15) is 23.3 Å². The Balaban J connectivity index is 2.27. The molecule has 0 aliphatic carbocycles. The lowest BCUT2D eigenvalue weighted by Crippen LogP contribution is -2.45. The number of rotatable bonds is 7. The summed E-state index contributed by atoms with van der Waals surface area (Å²) in [5, 5.41) is 2.48. The SMILES string of the molecule is CSCC[C@H](NC(=O)c1c(C(F)F)nc2n1CCCC2)C(N)=O. The van der Waals surface area contributed by atoms with Gasteiger partial charge in [-0.3, -0.25) is 9.59 Å². The van der Waals surface area contributed by atoms with Crippen LogP contribution in [0.3, 0.4) is 0 Å². The molecule has 128 valence electrons. The van der Waals surface area contributed by atoms with Gasteiger partial charge in [-0.1, -0.05) is 0 Å². The molecule has 0 fully saturated rings. The number of aryl methyl sites for hydroxylation is 1. The number of amides is 2. The summed E-state index contributed by atoms with van der Waals surface area (Å²) in [6.45, 7) is 0.476. The number of hydrogen-bond donors (Lipinski definition) is 2. The summed E-state index contributed by atoms with van der Waals surface area (Å²) >= 11 is 1.51. The maximum atomic E-state index is 13.2. The van der Waals surface area contributed by atoms with E-state index in [0.29, 0.717) is 31.0 Å². The van der Waals surface area contributed by atoms with Crippen LogP contribution in [0.25, 0.3) is 0 Å². The minimum atomic E-state index is -2.84. The van der Waals surface area contributed by atoms with Gasteiger partial charge in [0.2, 0.25) is 5.91 Å². The van der Waals surface area contributed by atoms with E-state index in [2.05, 4.69) is 10.3 Å². The van der Waals surface area contributed by atoms with Crippen LogP contribution in [0.15, 0.2) is 0 Å². The van der Waals surface area contributed by atoms with Crippen molar-refractivity contribution in [3.8, 4) is 0 Å². The molecule has 1 aromatic heterocycles. The van der Waals surface area contributed by atoms with E-state index in [9.17, 15) is 18.4 Å². The van der Waals surface area contributed by atoms with Gasteiger partial charge in [-0.05, 0) is 31.3 Å². The molecular formula is C14H20F2N4O2S. The molecule has 0 unspecified atom stereocenters. The minimum absolute atomic E-state index is 0.148. The summed E-state index contributed by atoms with van der Waals surface area (Å²) in [5.74, 6) is -0.271. The fourth-order valence-electron chi connectivity index (χ4n) is 2.64. The molecule has 9 heteroatoms. The third-order valence-corrected chi connectivity index (χ3v) is 4.43. The van der Waals surface area contributed by atoms with E-state index in [1.165, 1.54) is 16.3 Å². The monoisotopic (exact) mass is 346 g/mol. The second-order valence-corrected chi connectivity index (χ2v) is 6.37. The van der Waals surface area contributed by atoms with Crippen LogP contribution in [0.2, 0.25) is 0 Å². The van der Waals surface area contributed by atoms with Crippen LogP contribution in [0, 0.1) is 0 Å². The average molecular weight is 346 g/mol. The number of nitrogens with two attached hydrogens (primary N) is 1. The predicted octanol–water partition coefficient (Wildman–Crippen LogP) is 1.49. The van der Waals surface area contributed by atoms with Crippen molar-refractivity contribution in [1.29, 1.82) is 0 Å². The normalized spacial score (nSPS) is 15.3. The second kappa shape index (κ2) is 7.76. The van der Waals surface area contributed by atoms with E-state index in [-0.39, 0.29) is 5.69 Å². The van der Waals surface area contributed by atoms with E-state index in [1.54, 1.807) is 0 Å². The van der Waals surface area contributed by atoms with Crippen molar-refractivity contribution in [2.75, 3.05) is 12.0 Å². The van der Waals surface area contributed by atoms with E-state index >= 15 is 0 Å². The third kappa shape index (κ3) is 4.01. The van der Waals surface area contributed by atoms with Gasteiger partial charge in [0, 0.05) is 13.0 Å². The number of imidazole rings is 1. The summed E-state index contributed by atoms with van der Waals surface area (Å²) in [7, 11) is 0. The zero-order valence-electron chi connectivity index (χ0n) is 12.8. The summed E-state index contributed by atoms with van der Waals surface area (Å²) in [4.78, 5) is 27.8. The number of carbonyl (C=O) groups is 2. The zero-order valence-corrected chi connectivity index (χ0v) is 13.7. The largest absolute Gasteiger partial charge is 0.368 e. The topological polar surface area (TPSA) is 90.0 Å². The van der Waals surface area contributed by atoms with Gasteiger partial charge in [0.15, 0.2) is 0 Å². The van der Waals surface area contributed by atoms with Crippen LogP contribution < -0.4 is 11.1 Å². The number of aromatic nitrogens is 2. The Morgan fingerprint density at radius 3 is 2.78 bits per heavy atom. The predicted molar refractivity (Wildman–Crippen MR) is 83.6 cm³/mol. The number of fused-ring (bicyclic) bond motifs is 1. The molecule has 0 bridgehead atoms. The highest BCUT2D eigenvalue weighted by Gasteiger charge is 2.31. The van der Waals surface area contributed by atoms with Crippen molar-refractivity contribution in [2.24, 2.45) is 5.73 Å². The Bertz CT molecular complexity index is 592. The first-order chi connectivity index (χ1) is 11.0. The maximum Gasteiger partial charge on any atom is 0.282 e. The van der Waals surface area contributed by atoms with Crippen LogP contribution in [0.5, 0.6) is 0 Å². The molecule has 2 rings (SSSR count). The number of halogens is 2. The Hall–Kier alpha value is -1.64. The van der Waals surface area contributed by atoms with E-state index < -0.39 is 30.0 Å². The quantitative estimate of drug-likeness (QED) is 0.783. The molecule has 2 amide bonds. The fraction of sp³-hybridized carbons (Fsp3) is 0.643. The van der Waals surface area contributed by atoms with Crippen molar-refractivity contribution >= 4 is 23.6 Å². The Morgan fingerprint density at radius 2 is 2.17 bits per heavy atom. The molecule has 1 atom stereocenters. The van der Waals surface area contributed by atoms with Gasteiger partial charge in [-0.25, -0.2) is 13.8 Å². The summed E-state index contributed by atoms with van der Waals surface area (Å²) in [5.41, 5.74) is 4.61. The molecule has 0 aromatic carbocycles. The van der Waals surface area contributed by atoms with Gasteiger partial charge in [0.25, 0.3) is 12.3 Å². The molecule has 1 aliphatic heterocycles. The molecular weight excluding hydrogens is 326 g/mol. The summed E-state index contributed by atoms with van der Waals surface area (Å²) < 4.78 is 28.0. The lowest BCUT2D eigenvalue weighted by molar-refractivity contribution is -0.119. The van der Waals surface area contributed by atoms with Gasteiger partial charge in [0.05, 0.1) is 0 Å². The van der Waals surface area contributed by atoms with Crippen molar-refractivity contribution in [1.82, 2.24) is 14.9 Å². The molecule has 1 aromatic rings. The smallest absolute Gasteiger partial charge is 0.282 e. The minimum Gasteiger partial charge on any atom is -0.368 e. The first-order valence-electron chi connectivity index (χ1n) is 7.42. The molecule has 3 N–H and O–H groups in total. The molecule has 0 saturated heterocycles. The Labute approximate surface area is 137 Å². The summed E-state index contributed by atoms with van der Waals surface area (Å²) in [6, 6.07) is -0.879. The Kier molecular flexibility index (Phi) is 5.97. The number of nitrogens with one attached hydrogen (secondary N) is 1. The molecule has 23 heavy (non-hydrogen) atoms. The highest BCUT2D eigenvalue weighted by molar-refractivity contribution is 7.98. The standard InChI is InChI=1S/C14H20F2N4O2S/c1-23-7-5-8(13(17)21)18-14(22)11-10(12(15)16)19-9-4-2-3-6-20(9)11/h8,12H,2-7H2,1H3,(H2,17,21)(H,18,22)/t8-/m0/s1. The van der Waals surface area contributed by atoms with Crippen molar-refractivity contribution in [3.05, 3.63) is 17.2 Å². The highest BCUT2D eigenvalue weighted by atomic mass is 32.2. The number of hydrogen-bond acceptors (Lipinski definition) is 4. The van der Waals surface area contributed by atoms with Crippen LogP contribution in [-0.4, -0.2) is 39.4 Å². The van der Waals surface area contributed by atoms with E-state index in [4.69, 9.17) is 5.73 Å². The van der Waals surface area contributed by atoms with Crippen molar-refractivity contribution < 1.29 is 18.4 Å². The second-order valence-electron chi connectivity index (χ2n) is 5.38. The highest BCUT2D eigenvalue weighted by Crippen LogP contribution is 2.27. The first kappa shape index (κ1) is 17.7. The number of thioether (sulfide) groups is 1. The molecule has 0 radical (unpaired) electrons. The van der Waals surface area contributed by atoms with Crippen LogP contribution in [-0.2, 0) is 17.8 Å². The number of nitrogens with zero attached hydrogens (tertiary/aromatic N) is 2. The molecule has 0 spiro atoms. The number of primary amides is 1. The number of alkyl halides is 2. The van der Waals surface area contributed by atoms with Gasteiger partial charge >= 0.3 is 0 Å². The molecule has 6 nitrogen and oxygen atoms in total. The van der Waals surface area contributed by atoms with Crippen molar-refractivity contribution in [2.45, 2.75) is 44.7 Å². The zero-order chi connectivity index (χ0) is 17.0. The van der Waals surface area contributed by atoms with Crippen LogP contribution in [0.4, 0.5) is 8.78 Å². The van der Waals surface area contributed by atoms with E-state index in [0.717, 1.165) is 12.8 Å². The molecule has 2 heterocycles. The van der Waals surface area contributed by atoms with Crippen LogP contribution >= 0.6 is 11.8 Å². The molecule has 0 saturated carbocycles. The first-order valence-corrected chi connectivity index (χ1v) is 8.81. The average Bonchev–Trinajstić information content (AvgIpc) is 2.90. The lowest BCUT2D eigenvalue weighted by atomic mass is 10.1. The molecule has 1 aliphatic rings. The van der Waals surface area contributed by atoms with Gasteiger partial charge in [-0.15, -0.1) is 0 Å². The summed E-state index contributed by atoms with van der Waals surface area (Å²) in [6.07, 6.45) is 1.61. The fourth-order valence-corrected chi connectivity index (χ4v) is 3.11. The van der Waals surface area contributed by atoms with E-state index in [1.807, 2.05) is 6.26 Å². The maximum absolute atomic E-state index is 13.2. The number of carbonyl (C=O) groups excluding carboxylic acids is 2. The van der Waals surface area contributed by atoms with Crippen molar-refractivity contribution in [3.63, 3.8) is 0 Å². The third-order valence-electron chi connectivity index (χ3n) is 3.79. The van der Waals surface area contributed by atoms with Gasteiger partial charge in [-0.2, -0.15) is 11.8 Å². The van der Waals surface area contributed by atoms with Crippen LogP contribution in [0.1, 0.15) is 47.7 Å². The van der Waals surface area contributed by atoms with Gasteiger partial charge < -0.3 is 15.6 Å². The lowest BCUT2D eigenvalue weighted by Gasteiger charge is -2.19.